The molecule has 2 aromatic rings. The minimum atomic E-state index is -0.0405. The van der Waals surface area contributed by atoms with Crippen molar-refractivity contribution in [2.75, 3.05) is 38.6 Å². The van der Waals surface area contributed by atoms with Crippen molar-refractivity contribution in [3.05, 3.63) is 59.2 Å². The van der Waals surface area contributed by atoms with E-state index < -0.39 is 0 Å². The normalized spacial score (nSPS) is 16.1. The number of anilines is 1. The summed E-state index contributed by atoms with van der Waals surface area (Å²) in [4.78, 5) is 40.6. The van der Waals surface area contributed by atoms with Gasteiger partial charge < -0.3 is 19.9 Å². The molecule has 2 aliphatic heterocycles. The summed E-state index contributed by atoms with van der Waals surface area (Å²) < 4.78 is 5.13. The summed E-state index contributed by atoms with van der Waals surface area (Å²) in [5.74, 6) is 0.640. The summed E-state index contributed by atoms with van der Waals surface area (Å²) in [5, 5.41) is 2.83. The molecule has 0 unspecified atom stereocenters. The van der Waals surface area contributed by atoms with E-state index in [0.29, 0.717) is 55.9 Å². The fraction of sp³-hybridized carbons (Fsp3) is 0.318. The molecule has 150 valence electrons. The summed E-state index contributed by atoms with van der Waals surface area (Å²) in [7, 11) is 1.59. The number of nitrogens with zero attached hydrogens (tertiary/aromatic N) is 2. The van der Waals surface area contributed by atoms with Crippen LogP contribution in [0.2, 0.25) is 0 Å². The van der Waals surface area contributed by atoms with E-state index in [1.165, 1.54) is 0 Å². The summed E-state index contributed by atoms with van der Waals surface area (Å²) in [6.45, 7) is 1.98. The Bertz CT molecular complexity index is 947. The molecule has 4 rings (SSSR count). The Hall–Kier alpha value is -3.35. The third-order valence-electron chi connectivity index (χ3n) is 5.44. The molecule has 3 amide bonds. The molecule has 2 aliphatic rings. The van der Waals surface area contributed by atoms with Crippen molar-refractivity contribution in [1.29, 1.82) is 0 Å². The van der Waals surface area contributed by atoms with Crippen molar-refractivity contribution >= 4 is 23.4 Å². The number of ether oxygens (including phenoxy) is 1. The molecule has 7 heteroatoms. The second kappa shape index (κ2) is 7.95. The molecular formula is C22H23N3O4. The van der Waals surface area contributed by atoms with E-state index in [0.717, 1.165) is 11.3 Å². The van der Waals surface area contributed by atoms with E-state index in [-0.39, 0.29) is 17.7 Å². The molecule has 0 bridgehead atoms. The number of amides is 3. The first-order valence-electron chi connectivity index (χ1n) is 9.70. The van der Waals surface area contributed by atoms with E-state index in [1.807, 2.05) is 6.07 Å². The standard InChI is InChI=1S/C22H23N3O4/c1-29-18-6-2-15(3-7-18)21(27)24-10-12-25(13-11-24)22(28)17-4-8-19-16(14-17)5-9-20(26)23-19/h2-4,6-8,14H,5,9-13H2,1H3,(H,23,26). The molecule has 0 aromatic heterocycles. The van der Waals surface area contributed by atoms with Gasteiger partial charge in [0.2, 0.25) is 5.91 Å². The van der Waals surface area contributed by atoms with Gasteiger partial charge in [-0.3, -0.25) is 14.4 Å². The first-order chi connectivity index (χ1) is 14.0. The van der Waals surface area contributed by atoms with Crippen molar-refractivity contribution in [1.82, 2.24) is 9.80 Å². The van der Waals surface area contributed by atoms with Gasteiger partial charge in [0.05, 0.1) is 7.11 Å². The van der Waals surface area contributed by atoms with Gasteiger partial charge in [-0.1, -0.05) is 0 Å². The number of nitrogens with one attached hydrogen (secondary N) is 1. The van der Waals surface area contributed by atoms with E-state index >= 15 is 0 Å². The van der Waals surface area contributed by atoms with E-state index in [2.05, 4.69) is 5.32 Å². The first-order valence-corrected chi connectivity index (χ1v) is 9.70. The highest BCUT2D eigenvalue weighted by atomic mass is 16.5. The van der Waals surface area contributed by atoms with Gasteiger partial charge >= 0.3 is 0 Å². The van der Waals surface area contributed by atoms with Crippen LogP contribution in [0.5, 0.6) is 5.75 Å². The average Bonchev–Trinajstić information content (AvgIpc) is 2.78. The van der Waals surface area contributed by atoms with Crippen LogP contribution in [0.1, 0.15) is 32.7 Å². The lowest BCUT2D eigenvalue weighted by atomic mass is 10.00. The molecule has 2 heterocycles. The third kappa shape index (κ3) is 3.94. The van der Waals surface area contributed by atoms with E-state index in [9.17, 15) is 14.4 Å². The number of piperazine rings is 1. The van der Waals surface area contributed by atoms with Crippen LogP contribution in [-0.4, -0.2) is 60.8 Å². The van der Waals surface area contributed by atoms with Crippen LogP contribution in [-0.2, 0) is 11.2 Å². The van der Waals surface area contributed by atoms with Gasteiger partial charge in [-0.25, -0.2) is 0 Å². The Labute approximate surface area is 169 Å². The number of benzene rings is 2. The monoisotopic (exact) mass is 393 g/mol. The van der Waals surface area contributed by atoms with Crippen LogP contribution in [0.25, 0.3) is 0 Å². The Kier molecular flexibility index (Phi) is 5.20. The van der Waals surface area contributed by atoms with Crippen LogP contribution in [0.3, 0.4) is 0 Å². The van der Waals surface area contributed by atoms with Crippen molar-refractivity contribution in [2.24, 2.45) is 0 Å². The minimum Gasteiger partial charge on any atom is -0.497 e. The number of carbonyl (C=O) groups excluding carboxylic acids is 3. The summed E-state index contributed by atoms with van der Waals surface area (Å²) >= 11 is 0. The van der Waals surface area contributed by atoms with Crippen LogP contribution in [0, 0.1) is 0 Å². The minimum absolute atomic E-state index is 0.00854. The predicted octanol–water partition coefficient (Wildman–Crippen LogP) is 2.18. The highest BCUT2D eigenvalue weighted by Gasteiger charge is 2.26. The second-order valence-corrected chi connectivity index (χ2v) is 7.23. The van der Waals surface area contributed by atoms with Crippen molar-refractivity contribution in [3.63, 3.8) is 0 Å². The average molecular weight is 393 g/mol. The Morgan fingerprint density at radius 3 is 2.07 bits per heavy atom. The zero-order chi connectivity index (χ0) is 20.4. The lowest BCUT2D eigenvalue weighted by molar-refractivity contribution is -0.116. The van der Waals surface area contributed by atoms with Gasteiger partial charge in [0.25, 0.3) is 11.8 Å². The highest BCUT2D eigenvalue weighted by molar-refractivity contribution is 5.98. The molecule has 1 N–H and O–H groups in total. The number of carbonyl (C=O) groups is 3. The van der Waals surface area contributed by atoms with E-state index in [4.69, 9.17) is 4.74 Å². The largest absolute Gasteiger partial charge is 0.497 e. The van der Waals surface area contributed by atoms with Crippen molar-refractivity contribution in [3.8, 4) is 5.75 Å². The Balaban J connectivity index is 1.38. The molecule has 2 aromatic carbocycles. The maximum atomic E-state index is 12.9. The third-order valence-corrected chi connectivity index (χ3v) is 5.44. The van der Waals surface area contributed by atoms with Gasteiger partial charge in [0, 0.05) is 49.4 Å². The Morgan fingerprint density at radius 2 is 1.45 bits per heavy atom. The molecular weight excluding hydrogens is 370 g/mol. The number of hydrogen-bond donors (Lipinski definition) is 1. The smallest absolute Gasteiger partial charge is 0.253 e. The second-order valence-electron chi connectivity index (χ2n) is 7.23. The topological polar surface area (TPSA) is 79.0 Å². The van der Waals surface area contributed by atoms with Crippen molar-refractivity contribution in [2.45, 2.75) is 12.8 Å². The maximum absolute atomic E-state index is 12.9. The predicted molar refractivity (Wildman–Crippen MR) is 108 cm³/mol. The number of rotatable bonds is 3. The molecule has 0 aliphatic carbocycles. The highest BCUT2D eigenvalue weighted by Crippen LogP contribution is 2.24. The summed E-state index contributed by atoms with van der Waals surface area (Å²) in [5.41, 5.74) is 3.01. The molecule has 1 saturated heterocycles. The number of aryl methyl sites for hydroxylation is 1. The number of fused-ring (bicyclic) bond motifs is 1. The zero-order valence-electron chi connectivity index (χ0n) is 16.3. The van der Waals surface area contributed by atoms with Gasteiger partial charge in [-0.2, -0.15) is 0 Å². The van der Waals surface area contributed by atoms with Crippen LogP contribution in [0.4, 0.5) is 5.69 Å². The first kappa shape index (κ1) is 19.0. The zero-order valence-corrected chi connectivity index (χ0v) is 16.3. The van der Waals surface area contributed by atoms with Gasteiger partial charge in [0.1, 0.15) is 5.75 Å². The maximum Gasteiger partial charge on any atom is 0.253 e. The number of hydrogen-bond acceptors (Lipinski definition) is 4. The molecule has 0 radical (unpaired) electrons. The quantitative estimate of drug-likeness (QED) is 0.867. The van der Waals surface area contributed by atoms with Crippen LogP contribution < -0.4 is 10.1 Å². The molecule has 29 heavy (non-hydrogen) atoms. The van der Waals surface area contributed by atoms with Gasteiger partial charge in [-0.15, -0.1) is 0 Å². The lowest BCUT2D eigenvalue weighted by Crippen LogP contribution is -2.50. The molecule has 0 spiro atoms. The van der Waals surface area contributed by atoms with Crippen LogP contribution >= 0.6 is 0 Å². The van der Waals surface area contributed by atoms with Gasteiger partial charge in [-0.05, 0) is 54.4 Å². The fourth-order valence-corrected chi connectivity index (χ4v) is 3.73. The summed E-state index contributed by atoms with van der Waals surface area (Å²) in [6, 6.07) is 12.5. The van der Waals surface area contributed by atoms with Crippen molar-refractivity contribution < 1.29 is 19.1 Å². The lowest BCUT2D eigenvalue weighted by Gasteiger charge is -2.35. The summed E-state index contributed by atoms with van der Waals surface area (Å²) in [6.07, 6.45) is 1.09. The molecule has 0 atom stereocenters. The SMILES string of the molecule is COc1ccc(C(=O)N2CCN(C(=O)c3ccc4c(c3)CCC(=O)N4)CC2)cc1. The number of methoxy groups -OCH3 is 1. The molecule has 0 saturated carbocycles. The molecule has 1 fully saturated rings. The Morgan fingerprint density at radius 1 is 0.862 bits per heavy atom. The fourth-order valence-electron chi connectivity index (χ4n) is 3.73. The van der Waals surface area contributed by atoms with E-state index in [1.54, 1.807) is 53.3 Å². The van der Waals surface area contributed by atoms with Crippen LogP contribution in [0.15, 0.2) is 42.5 Å². The molecule has 7 nitrogen and oxygen atoms in total. The van der Waals surface area contributed by atoms with Gasteiger partial charge in [0.15, 0.2) is 0 Å².